The van der Waals surface area contributed by atoms with Crippen LogP contribution in [0, 0.1) is 5.41 Å². The van der Waals surface area contributed by atoms with Crippen molar-refractivity contribution in [1.29, 1.82) is 0 Å². The number of nitrogens with zero attached hydrogens (tertiary/aromatic N) is 1. The second kappa shape index (κ2) is 8.99. The standard InChI is InChI=1S/C17H26N2O3.ClH/c1-17(12-18)9-10-19(13-17)16(20)4-3-11-22-15-7-5-14(21-2)6-8-15;/h5-8H,3-4,9-13,18H2,1-2H3;1H. The fourth-order valence-electron chi connectivity index (χ4n) is 2.65. The molecule has 0 bridgehead atoms. The summed E-state index contributed by atoms with van der Waals surface area (Å²) >= 11 is 0. The van der Waals surface area contributed by atoms with Crippen LogP contribution < -0.4 is 15.2 Å². The molecule has 130 valence electrons. The van der Waals surface area contributed by atoms with Gasteiger partial charge in [-0.05, 0) is 49.1 Å². The number of carbonyl (C=O) groups excluding carboxylic acids is 1. The molecular weight excluding hydrogens is 316 g/mol. The number of hydrogen-bond acceptors (Lipinski definition) is 4. The first-order valence-electron chi connectivity index (χ1n) is 7.81. The van der Waals surface area contributed by atoms with Crippen LogP contribution >= 0.6 is 12.4 Å². The molecule has 5 nitrogen and oxygen atoms in total. The summed E-state index contributed by atoms with van der Waals surface area (Å²) in [5, 5.41) is 0. The first-order valence-corrected chi connectivity index (χ1v) is 7.81. The molecule has 2 N–H and O–H groups in total. The summed E-state index contributed by atoms with van der Waals surface area (Å²) < 4.78 is 10.7. The van der Waals surface area contributed by atoms with Crippen molar-refractivity contribution in [2.24, 2.45) is 11.1 Å². The Balaban J connectivity index is 0.00000264. The van der Waals surface area contributed by atoms with Crippen molar-refractivity contribution in [1.82, 2.24) is 4.90 Å². The van der Waals surface area contributed by atoms with E-state index in [1.165, 1.54) is 0 Å². The summed E-state index contributed by atoms with van der Waals surface area (Å²) in [6.07, 6.45) is 2.25. The largest absolute Gasteiger partial charge is 0.497 e. The van der Waals surface area contributed by atoms with Crippen molar-refractivity contribution in [2.75, 3.05) is 33.4 Å². The molecule has 6 heteroatoms. The highest BCUT2D eigenvalue weighted by Crippen LogP contribution is 2.28. The van der Waals surface area contributed by atoms with Crippen LogP contribution in [0.3, 0.4) is 0 Å². The lowest BCUT2D eigenvalue weighted by molar-refractivity contribution is -0.130. The van der Waals surface area contributed by atoms with Gasteiger partial charge in [0.1, 0.15) is 11.5 Å². The third-order valence-electron chi connectivity index (χ3n) is 4.27. The van der Waals surface area contributed by atoms with Gasteiger partial charge in [0.05, 0.1) is 13.7 Å². The lowest BCUT2D eigenvalue weighted by atomic mass is 9.90. The second-order valence-electron chi connectivity index (χ2n) is 6.21. The molecule has 1 fully saturated rings. The lowest BCUT2D eigenvalue weighted by Gasteiger charge is -2.22. The fraction of sp³-hybridized carbons (Fsp3) is 0.588. The number of nitrogens with two attached hydrogens (primary N) is 1. The van der Waals surface area contributed by atoms with E-state index < -0.39 is 0 Å². The number of hydrogen-bond donors (Lipinski definition) is 1. The van der Waals surface area contributed by atoms with Gasteiger partial charge in [0, 0.05) is 19.5 Å². The second-order valence-corrected chi connectivity index (χ2v) is 6.21. The number of methoxy groups -OCH3 is 1. The van der Waals surface area contributed by atoms with Gasteiger partial charge >= 0.3 is 0 Å². The molecule has 0 aromatic heterocycles. The zero-order chi connectivity index (χ0) is 16.0. The molecule has 2 rings (SSSR count). The van der Waals surface area contributed by atoms with Crippen molar-refractivity contribution in [3.8, 4) is 11.5 Å². The van der Waals surface area contributed by atoms with E-state index in [0.717, 1.165) is 37.4 Å². The molecule has 23 heavy (non-hydrogen) atoms. The molecular formula is C17H27ClN2O3. The van der Waals surface area contributed by atoms with Crippen LogP contribution in [-0.4, -0.2) is 44.2 Å². The molecule has 1 aliphatic heterocycles. The van der Waals surface area contributed by atoms with Crippen LogP contribution in [0.15, 0.2) is 24.3 Å². The van der Waals surface area contributed by atoms with Gasteiger partial charge in [0.15, 0.2) is 0 Å². The molecule has 0 aliphatic carbocycles. The SMILES string of the molecule is COc1ccc(OCCCC(=O)N2CCC(C)(CN)C2)cc1.Cl. The van der Waals surface area contributed by atoms with Gasteiger partial charge in [-0.25, -0.2) is 0 Å². The van der Waals surface area contributed by atoms with E-state index in [2.05, 4.69) is 6.92 Å². The predicted molar refractivity (Wildman–Crippen MR) is 93.3 cm³/mol. The topological polar surface area (TPSA) is 64.8 Å². The van der Waals surface area contributed by atoms with Crippen LogP contribution in [0.25, 0.3) is 0 Å². The predicted octanol–water partition coefficient (Wildman–Crippen LogP) is 2.47. The summed E-state index contributed by atoms with van der Waals surface area (Å²) in [5.41, 5.74) is 5.86. The lowest BCUT2D eigenvalue weighted by Crippen LogP contribution is -2.34. The van der Waals surface area contributed by atoms with Crippen molar-refractivity contribution in [3.63, 3.8) is 0 Å². The Hall–Kier alpha value is -1.46. The Morgan fingerprint density at radius 3 is 2.52 bits per heavy atom. The Morgan fingerprint density at radius 2 is 1.96 bits per heavy atom. The maximum Gasteiger partial charge on any atom is 0.222 e. The summed E-state index contributed by atoms with van der Waals surface area (Å²) in [6, 6.07) is 7.46. The molecule has 1 amide bonds. The van der Waals surface area contributed by atoms with Gasteiger partial charge in [-0.3, -0.25) is 4.79 Å². The van der Waals surface area contributed by atoms with Crippen molar-refractivity contribution in [3.05, 3.63) is 24.3 Å². The normalized spacial score (nSPS) is 20.0. The van der Waals surface area contributed by atoms with E-state index in [1.54, 1.807) is 7.11 Å². The summed E-state index contributed by atoms with van der Waals surface area (Å²) in [7, 11) is 1.63. The molecule has 1 heterocycles. The van der Waals surface area contributed by atoms with Crippen LogP contribution in [0.4, 0.5) is 0 Å². The zero-order valence-electron chi connectivity index (χ0n) is 13.9. The van der Waals surface area contributed by atoms with Gasteiger partial charge in [-0.2, -0.15) is 0 Å². The number of benzene rings is 1. The number of rotatable bonds is 7. The van der Waals surface area contributed by atoms with E-state index in [-0.39, 0.29) is 23.7 Å². The molecule has 0 saturated carbocycles. The quantitative estimate of drug-likeness (QED) is 0.773. The Kier molecular flexibility index (Phi) is 7.65. The van der Waals surface area contributed by atoms with E-state index >= 15 is 0 Å². The molecule has 1 atom stereocenters. The number of amides is 1. The van der Waals surface area contributed by atoms with Gasteiger partial charge in [-0.15, -0.1) is 12.4 Å². The maximum absolute atomic E-state index is 12.2. The third-order valence-corrected chi connectivity index (χ3v) is 4.27. The highest BCUT2D eigenvalue weighted by Gasteiger charge is 2.34. The maximum atomic E-state index is 12.2. The Labute approximate surface area is 144 Å². The summed E-state index contributed by atoms with van der Waals surface area (Å²) in [4.78, 5) is 14.1. The van der Waals surface area contributed by atoms with E-state index in [4.69, 9.17) is 15.2 Å². The van der Waals surface area contributed by atoms with Gasteiger partial charge in [0.2, 0.25) is 5.91 Å². The van der Waals surface area contributed by atoms with Crippen molar-refractivity contribution in [2.45, 2.75) is 26.2 Å². The fourth-order valence-corrected chi connectivity index (χ4v) is 2.65. The van der Waals surface area contributed by atoms with E-state index in [9.17, 15) is 4.79 Å². The first kappa shape index (κ1) is 19.6. The van der Waals surface area contributed by atoms with Gasteiger partial charge in [0.25, 0.3) is 0 Å². The molecule has 0 radical (unpaired) electrons. The molecule has 0 spiro atoms. The number of carbonyl (C=O) groups is 1. The highest BCUT2D eigenvalue weighted by atomic mass is 35.5. The van der Waals surface area contributed by atoms with Crippen LogP contribution in [0.5, 0.6) is 11.5 Å². The molecule has 1 aromatic rings. The van der Waals surface area contributed by atoms with Crippen LogP contribution in [-0.2, 0) is 4.79 Å². The number of halogens is 1. The minimum absolute atomic E-state index is 0. The van der Waals surface area contributed by atoms with Crippen molar-refractivity contribution >= 4 is 18.3 Å². The smallest absolute Gasteiger partial charge is 0.222 e. The zero-order valence-corrected chi connectivity index (χ0v) is 14.7. The van der Waals surface area contributed by atoms with Gasteiger partial charge < -0.3 is 20.1 Å². The van der Waals surface area contributed by atoms with E-state index in [1.807, 2.05) is 29.2 Å². The first-order chi connectivity index (χ1) is 10.6. The third kappa shape index (κ3) is 5.59. The highest BCUT2D eigenvalue weighted by molar-refractivity contribution is 5.85. The number of likely N-dealkylation sites (tertiary alicyclic amines) is 1. The molecule has 1 unspecified atom stereocenters. The Morgan fingerprint density at radius 1 is 1.30 bits per heavy atom. The molecule has 1 saturated heterocycles. The Bertz CT molecular complexity index is 495. The van der Waals surface area contributed by atoms with Crippen molar-refractivity contribution < 1.29 is 14.3 Å². The summed E-state index contributed by atoms with van der Waals surface area (Å²) in [6.45, 7) is 4.93. The van der Waals surface area contributed by atoms with Gasteiger partial charge in [-0.1, -0.05) is 6.92 Å². The van der Waals surface area contributed by atoms with E-state index in [0.29, 0.717) is 19.6 Å². The minimum Gasteiger partial charge on any atom is -0.497 e. The minimum atomic E-state index is 0. The monoisotopic (exact) mass is 342 g/mol. The average molecular weight is 343 g/mol. The molecule has 1 aromatic carbocycles. The number of ether oxygens (including phenoxy) is 2. The average Bonchev–Trinajstić information content (AvgIpc) is 2.95. The van der Waals surface area contributed by atoms with Crippen LogP contribution in [0.1, 0.15) is 26.2 Å². The summed E-state index contributed by atoms with van der Waals surface area (Å²) in [5.74, 6) is 1.81. The molecule has 1 aliphatic rings. The van der Waals surface area contributed by atoms with Crippen LogP contribution in [0.2, 0.25) is 0 Å².